The number of aromatic hydroxyl groups is 1. The van der Waals surface area contributed by atoms with Gasteiger partial charge in [0.2, 0.25) is 0 Å². The van der Waals surface area contributed by atoms with Crippen LogP contribution in [0.4, 0.5) is 0 Å². The van der Waals surface area contributed by atoms with E-state index in [2.05, 4.69) is 26.0 Å². The van der Waals surface area contributed by atoms with Crippen LogP contribution in [0.5, 0.6) is 5.75 Å². The van der Waals surface area contributed by atoms with Crippen molar-refractivity contribution in [3.8, 4) is 5.75 Å². The first-order valence-corrected chi connectivity index (χ1v) is 10.1. The Morgan fingerprint density at radius 1 is 0.696 bits per heavy atom. The zero-order valence-corrected chi connectivity index (χ0v) is 15.5. The molecule has 0 aromatic heterocycles. The Labute approximate surface area is 144 Å². The third-order valence-corrected chi connectivity index (χ3v) is 4.94. The molecule has 0 radical (unpaired) electrons. The van der Waals surface area contributed by atoms with Crippen molar-refractivity contribution in [3.63, 3.8) is 0 Å². The molecule has 23 heavy (non-hydrogen) atoms. The first-order chi connectivity index (χ1) is 11.3. The standard InChI is InChI=1S/C22H38O/c1-3-5-7-8-9-10-11-12-13-17-20(16-6-4-2)21-18-14-15-19-22(21)23/h14-15,18-20,23H,3-13,16-17H2,1-2H3. The van der Waals surface area contributed by atoms with Crippen LogP contribution in [0.2, 0.25) is 0 Å². The average molecular weight is 319 g/mol. The Balaban J connectivity index is 2.23. The second-order valence-corrected chi connectivity index (χ2v) is 7.02. The molecule has 1 nitrogen and oxygen atoms in total. The minimum atomic E-state index is 0.490. The second-order valence-electron chi connectivity index (χ2n) is 7.02. The lowest BCUT2D eigenvalue weighted by atomic mass is 9.88. The molecule has 0 saturated heterocycles. The fraction of sp³-hybridized carbons (Fsp3) is 0.727. The van der Waals surface area contributed by atoms with E-state index < -0.39 is 0 Å². The van der Waals surface area contributed by atoms with Crippen LogP contribution in [-0.2, 0) is 0 Å². The molecule has 0 amide bonds. The quantitative estimate of drug-likeness (QED) is 0.350. The predicted molar refractivity (Wildman–Crippen MR) is 102 cm³/mol. The normalized spacial score (nSPS) is 12.4. The van der Waals surface area contributed by atoms with Gasteiger partial charge in [0.1, 0.15) is 5.75 Å². The lowest BCUT2D eigenvalue weighted by Gasteiger charge is -2.18. The van der Waals surface area contributed by atoms with Crippen molar-refractivity contribution in [1.29, 1.82) is 0 Å². The zero-order valence-electron chi connectivity index (χ0n) is 15.5. The smallest absolute Gasteiger partial charge is 0.119 e. The van der Waals surface area contributed by atoms with E-state index in [-0.39, 0.29) is 0 Å². The van der Waals surface area contributed by atoms with Gasteiger partial charge >= 0.3 is 0 Å². The van der Waals surface area contributed by atoms with E-state index >= 15 is 0 Å². The summed E-state index contributed by atoms with van der Waals surface area (Å²) in [5.74, 6) is 1.03. The lowest BCUT2D eigenvalue weighted by molar-refractivity contribution is 0.441. The fourth-order valence-corrected chi connectivity index (χ4v) is 3.44. The topological polar surface area (TPSA) is 20.2 Å². The maximum atomic E-state index is 10.1. The number of unbranched alkanes of at least 4 members (excludes halogenated alkanes) is 9. The van der Waals surface area contributed by atoms with Gasteiger partial charge in [-0.3, -0.25) is 0 Å². The third kappa shape index (κ3) is 9.03. The van der Waals surface area contributed by atoms with Gasteiger partial charge in [0, 0.05) is 0 Å². The lowest BCUT2D eigenvalue weighted by Crippen LogP contribution is -2.00. The van der Waals surface area contributed by atoms with Gasteiger partial charge in [-0.2, -0.15) is 0 Å². The van der Waals surface area contributed by atoms with E-state index in [9.17, 15) is 5.11 Å². The highest BCUT2D eigenvalue weighted by Crippen LogP contribution is 2.33. The van der Waals surface area contributed by atoms with Crippen molar-refractivity contribution in [2.24, 2.45) is 0 Å². The molecular formula is C22H38O. The molecule has 0 aliphatic carbocycles. The molecule has 1 aromatic carbocycles. The number of phenolic OH excluding ortho intramolecular Hbond substituents is 1. The Morgan fingerprint density at radius 2 is 1.22 bits per heavy atom. The van der Waals surface area contributed by atoms with Crippen molar-refractivity contribution in [1.82, 2.24) is 0 Å². The second kappa shape index (κ2) is 13.5. The Morgan fingerprint density at radius 3 is 1.83 bits per heavy atom. The summed E-state index contributed by atoms with van der Waals surface area (Å²) in [7, 11) is 0. The molecule has 0 bridgehead atoms. The van der Waals surface area contributed by atoms with E-state index in [1.165, 1.54) is 89.0 Å². The van der Waals surface area contributed by atoms with E-state index in [1.807, 2.05) is 12.1 Å². The monoisotopic (exact) mass is 318 g/mol. The summed E-state index contributed by atoms with van der Waals surface area (Å²) in [5.41, 5.74) is 1.17. The molecule has 1 rings (SSSR count). The Hall–Kier alpha value is -0.980. The molecule has 1 aromatic rings. The molecule has 0 heterocycles. The number of benzene rings is 1. The van der Waals surface area contributed by atoms with E-state index in [1.54, 1.807) is 0 Å². The van der Waals surface area contributed by atoms with Crippen LogP contribution in [0, 0.1) is 0 Å². The van der Waals surface area contributed by atoms with Crippen LogP contribution in [0.25, 0.3) is 0 Å². The molecule has 0 aliphatic rings. The number of hydrogen-bond donors (Lipinski definition) is 1. The minimum Gasteiger partial charge on any atom is -0.508 e. The summed E-state index contributed by atoms with van der Waals surface area (Å²) in [4.78, 5) is 0. The first kappa shape index (κ1) is 20.1. The molecule has 0 fully saturated rings. The van der Waals surface area contributed by atoms with Gasteiger partial charge in [-0.25, -0.2) is 0 Å². The van der Waals surface area contributed by atoms with Crippen LogP contribution in [0.15, 0.2) is 24.3 Å². The molecular weight excluding hydrogens is 280 g/mol. The SMILES string of the molecule is CCCCCCCCCCCC(CCCC)c1ccccc1O. The maximum Gasteiger partial charge on any atom is 0.119 e. The summed E-state index contributed by atoms with van der Waals surface area (Å²) in [6.07, 6.45) is 17.4. The van der Waals surface area contributed by atoms with Crippen molar-refractivity contribution >= 4 is 0 Å². The van der Waals surface area contributed by atoms with Crippen molar-refractivity contribution in [3.05, 3.63) is 29.8 Å². The molecule has 1 unspecified atom stereocenters. The Kier molecular flexibility index (Phi) is 11.7. The first-order valence-electron chi connectivity index (χ1n) is 10.1. The highest BCUT2D eigenvalue weighted by molar-refractivity contribution is 5.34. The molecule has 1 N–H and O–H groups in total. The highest BCUT2D eigenvalue weighted by atomic mass is 16.3. The number of para-hydroxylation sites is 1. The predicted octanol–water partition coefficient (Wildman–Crippen LogP) is 7.59. The Bertz CT molecular complexity index is 385. The van der Waals surface area contributed by atoms with Crippen molar-refractivity contribution in [2.75, 3.05) is 0 Å². The number of phenols is 1. The molecule has 0 saturated carbocycles. The molecule has 0 spiro atoms. The van der Waals surface area contributed by atoms with E-state index in [4.69, 9.17) is 0 Å². The molecule has 1 heteroatoms. The number of rotatable bonds is 14. The van der Waals surface area contributed by atoms with Gasteiger partial charge in [-0.1, -0.05) is 103 Å². The maximum absolute atomic E-state index is 10.1. The largest absolute Gasteiger partial charge is 0.508 e. The summed E-state index contributed by atoms with van der Waals surface area (Å²) in [6.45, 7) is 4.53. The molecule has 0 aliphatic heterocycles. The van der Waals surface area contributed by atoms with Gasteiger partial charge in [-0.15, -0.1) is 0 Å². The van der Waals surface area contributed by atoms with Crippen LogP contribution >= 0.6 is 0 Å². The summed E-state index contributed by atoms with van der Waals surface area (Å²) in [6, 6.07) is 7.94. The van der Waals surface area contributed by atoms with Gasteiger partial charge in [0.25, 0.3) is 0 Å². The third-order valence-electron chi connectivity index (χ3n) is 4.94. The van der Waals surface area contributed by atoms with Crippen molar-refractivity contribution < 1.29 is 5.11 Å². The zero-order chi connectivity index (χ0) is 16.8. The molecule has 132 valence electrons. The average Bonchev–Trinajstić information content (AvgIpc) is 2.57. The highest BCUT2D eigenvalue weighted by Gasteiger charge is 2.14. The summed E-state index contributed by atoms with van der Waals surface area (Å²) in [5, 5.41) is 10.1. The van der Waals surface area contributed by atoms with Crippen LogP contribution in [0.1, 0.15) is 109 Å². The van der Waals surface area contributed by atoms with Crippen LogP contribution in [0.3, 0.4) is 0 Å². The number of hydrogen-bond acceptors (Lipinski definition) is 1. The molecule has 1 atom stereocenters. The van der Waals surface area contributed by atoms with E-state index in [0.717, 1.165) is 0 Å². The fourth-order valence-electron chi connectivity index (χ4n) is 3.44. The van der Waals surface area contributed by atoms with E-state index in [0.29, 0.717) is 11.7 Å². The van der Waals surface area contributed by atoms with Gasteiger partial charge in [0.15, 0.2) is 0 Å². The minimum absolute atomic E-state index is 0.490. The summed E-state index contributed by atoms with van der Waals surface area (Å²) < 4.78 is 0. The van der Waals surface area contributed by atoms with Gasteiger partial charge in [0.05, 0.1) is 0 Å². The van der Waals surface area contributed by atoms with Gasteiger partial charge < -0.3 is 5.11 Å². The van der Waals surface area contributed by atoms with Crippen LogP contribution in [-0.4, -0.2) is 5.11 Å². The van der Waals surface area contributed by atoms with Gasteiger partial charge in [-0.05, 0) is 30.4 Å². The summed E-state index contributed by atoms with van der Waals surface area (Å²) >= 11 is 0. The van der Waals surface area contributed by atoms with Crippen LogP contribution < -0.4 is 0 Å². The van der Waals surface area contributed by atoms with Crippen molar-refractivity contribution in [2.45, 2.75) is 103 Å².